The first-order valence-corrected chi connectivity index (χ1v) is 3.77. The van der Waals surface area contributed by atoms with E-state index in [0.29, 0.717) is 5.56 Å². The second-order valence-electron chi connectivity index (χ2n) is 2.32. The Morgan fingerprint density at radius 2 is 1.71 bits per heavy atom. The monoisotopic (exact) mass is 202 g/mol. The van der Waals surface area contributed by atoms with Gasteiger partial charge in [-0.25, -0.2) is 0 Å². The van der Waals surface area contributed by atoms with Gasteiger partial charge in [-0.15, -0.1) is 0 Å². The van der Waals surface area contributed by atoms with E-state index in [1.165, 1.54) is 12.1 Å². The van der Waals surface area contributed by atoms with Crippen molar-refractivity contribution in [3.8, 4) is 17.2 Å². The van der Waals surface area contributed by atoms with Crippen LogP contribution in [0.3, 0.4) is 0 Å². The van der Waals surface area contributed by atoms with Gasteiger partial charge in [-0.3, -0.25) is 11.3 Å². The van der Waals surface area contributed by atoms with E-state index in [0.717, 1.165) is 7.11 Å². The Hall–Kier alpha value is -1.50. The van der Waals surface area contributed by atoms with E-state index < -0.39 is 5.75 Å². The van der Waals surface area contributed by atoms with E-state index in [4.69, 9.17) is 21.2 Å². The third kappa shape index (κ3) is 2.77. The van der Waals surface area contributed by atoms with Gasteiger partial charge in [0.1, 0.15) is 0 Å². The molecule has 0 saturated heterocycles. The molecule has 80 valence electrons. The molecule has 0 amide bonds. The minimum atomic E-state index is -0.525. The number of aliphatic hydroxyl groups is 1. The van der Waals surface area contributed by atoms with Crippen molar-refractivity contribution >= 4 is 0 Å². The van der Waals surface area contributed by atoms with Crippen molar-refractivity contribution in [2.24, 2.45) is 5.84 Å². The van der Waals surface area contributed by atoms with Gasteiger partial charge in [0.2, 0.25) is 5.75 Å². The highest BCUT2D eigenvalue weighted by atomic mass is 16.3. The highest BCUT2D eigenvalue weighted by molar-refractivity contribution is 5.52. The molecule has 1 aromatic carbocycles. The number of hydrogen-bond acceptors (Lipinski definition) is 6. The lowest BCUT2D eigenvalue weighted by Crippen LogP contribution is -2.20. The Balaban J connectivity index is 0.000000791. The molecule has 0 heterocycles. The van der Waals surface area contributed by atoms with Gasteiger partial charge in [-0.1, -0.05) is 6.07 Å². The lowest BCUT2D eigenvalue weighted by atomic mass is 10.2. The van der Waals surface area contributed by atoms with Crippen LogP contribution < -0.4 is 11.3 Å². The number of benzene rings is 1. The first-order valence-electron chi connectivity index (χ1n) is 3.77. The van der Waals surface area contributed by atoms with Gasteiger partial charge in [0, 0.05) is 19.2 Å². The van der Waals surface area contributed by atoms with E-state index in [9.17, 15) is 5.11 Å². The number of nitrogens with two attached hydrogens (primary N) is 1. The third-order valence-electron chi connectivity index (χ3n) is 1.51. The summed E-state index contributed by atoms with van der Waals surface area (Å²) in [7, 11) is 1.00. The van der Waals surface area contributed by atoms with Gasteiger partial charge < -0.3 is 20.4 Å². The molecule has 0 unspecified atom stereocenters. The molecule has 0 aliphatic heterocycles. The van der Waals surface area contributed by atoms with Crippen LogP contribution in [0.2, 0.25) is 0 Å². The number of aromatic hydroxyl groups is 3. The summed E-state index contributed by atoms with van der Waals surface area (Å²) in [5.41, 5.74) is 2.74. The predicted octanol–water partition coefficient (Wildman–Crippen LogP) is -0.625. The van der Waals surface area contributed by atoms with E-state index >= 15 is 0 Å². The normalized spacial score (nSPS) is 9.07. The predicted molar refractivity (Wildman–Crippen MR) is 50.6 cm³/mol. The van der Waals surface area contributed by atoms with Crippen LogP contribution in [0.1, 0.15) is 5.56 Å². The Bertz CT molecular complexity index is 291. The molecule has 0 aliphatic rings. The molecule has 6 heteroatoms. The topological polar surface area (TPSA) is 119 Å². The van der Waals surface area contributed by atoms with Crippen LogP contribution in [0, 0.1) is 0 Å². The van der Waals surface area contributed by atoms with Gasteiger partial charge in [-0.2, -0.15) is 0 Å². The zero-order valence-corrected chi connectivity index (χ0v) is 7.73. The Labute approximate surface area is 81.2 Å². The average molecular weight is 202 g/mol. The molecule has 0 aromatic heterocycles. The first-order chi connectivity index (χ1) is 6.66. The Morgan fingerprint density at radius 3 is 2.21 bits per heavy atom. The molecule has 14 heavy (non-hydrogen) atoms. The number of nitrogens with one attached hydrogen (secondary N) is 1. The van der Waals surface area contributed by atoms with Gasteiger partial charge in [0.25, 0.3) is 0 Å². The van der Waals surface area contributed by atoms with Crippen molar-refractivity contribution in [1.29, 1.82) is 0 Å². The van der Waals surface area contributed by atoms with Gasteiger partial charge in [-0.05, 0) is 6.07 Å². The summed E-state index contributed by atoms with van der Waals surface area (Å²) < 4.78 is 0. The summed E-state index contributed by atoms with van der Waals surface area (Å²) in [6.07, 6.45) is 0. The minimum Gasteiger partial charge on any atom is -0.504 e. The molecule has 1 rings (SSSR count). The maximum Gasteiger partial charge on any atom is 0.200 e. The standard InChI is InChI=1S/C7H10N2O3.CH4O/c8-9-3-4-1-2-5(10)7(12)6(4)11;1-2/h1-2,9-12H,3,8H2;2H,1H3. The highest BCUT2D eigenvalue weighted by Crippen LogP contribution is 2.36. The molecule has 7 N–H and O–H groups in total. The average Bonchev–Trinajstić information content (AvgIpc) is 2.22. The van der Waals surface area contributed by atoms with Crippen LogP contribution in [0.4, 0.5) is 0 Å². The van der Waals surface area contributed by atoms with Crippen molar-refractivity contribution in [1.82, 2.24) is 5.43 Å². The summed E-state index contributed by atoms with van der Waals surface area (Å²) in [4.78, 5) is 0. The summed E-state index contributed by atoms with van der Waals surface area (Å²) in [6.45, 7) is 0.222. The fourth-order valence-electron chi connectivity index (χ4n) is 0.863. The number of aliphatic hydroxyl groups excluding tert-OH is 1. The molecule has 0 fully saturated rings. The summed E-state index contributed by atoms with van der Waals surface area (Å²) in [5, 5.41) is 34.2. The van der Waals surface area contributed by atoms with Gasteiger partial charge in [0.15, 0.2) is 11.5 Å². The van der Waals surface area contributed by atoms with E-state index in [1.54, 1.807) is 0 Å². The van der Waals surface area contributed by atoms with Gasteiger partial charge >= 0.3 is 0 Å². The number of hydrazine groups is 1. The third-order valence-corrected chi connectivity index (χ3v) is 1.51. The molecule has 0 radical (unpaired) electrons. The smallest absolute Gasteiger partial charge is 0.200 e. The Morgan fingerprint density at radius 1 is 1.14 bits per heavy atom. The second kappa shape index (κ2) is 6.03. The maximum absolute atomic E-state index is 9.20. The molecule has 0 spiro atoms. The number of rotatable bonds is 2. The lowest BCUT2D eigenvalue weighted by Gasteiger charge is -2.05. The first kappa shape index (κ1) is 12.5. The zero-order valence-electron chi connectivity index (χ0n) is 7.73. The molecule has 6 nitrogen and oxygen atoms in total. The SMILES string of the molecule is CO.NNCc1ccc(O)c(O)c1O. The van der Waals surface area contributed by atoms with Crippen LogP contribution in [0.25, 0.3) is 0 Å². The fraction of sp³-hybridized carbons (Fsp3) is 0.250. The van der Waals surface area contributed by atoms with E-state index in [-0.39, 0.29) is 18.0 Å². The summed E-state index contributed by atoms with van der Waals surface area (Å²) in [6, 6.07) is 2.74. The van der Waals surface area contributed by atoms with Crippen molar-refractivity contribution < 1.29 is 20.4 Å². The van der Waals surface area contributed by atoms with Crippen molar-refractivity contribution in [3.63, 3.8) is 0 Å². The molecule has 0 aliphatic carbocycles. The molecule has 0 saturated carbocycles. The quantitative estimate of drug-likeness (QED) is 0.216. The lowest BCUT2D eigenvalue weighted by molar-refractivity contribution is 0.364. The highest BCUT2D eigenvalue weighted by Gasteiger charge is 2.09. The van der Waals surface area contributed by atoms with Crippen LogP contribution >= 0.6 is 0 Å². The number of phenols is 3. The summed E-state index contributed by atoms with van der Waals surface area (Å²) in [5.74, 6) is 3.78. The maximum atomic E-state index is 9.20. The van der Waals surface area contributed by atoms with E-state index in [2.05, 4.69) is 5.43 Å². The molecular formula is C8H14N2O4. The minimum absolute atomic E-state index is 0.222. The Kier molecular flexibility index (Phi) is 5.38. The van der Waals surface area contributed by atoms with Crippen LogP contribution in [-0.2, 0) is 6.54 Å². The molecule has 1 aromatic rings. The van der Waals surface area contributed by atoms with Crippen LogP contribution in [0.15, 0.2) is 12.1 Å². The van der Waals surface area contributed by atoms with Crippen molar-refractivity contribution in [3.05, 3.63) is 17.7 Å². The second-order valence-corrected chi connectivity index (χ2v) is 2.32. The van der Waals surface area contributed by atoms with Crippen LogP contribution in [0.5, 0.6) is 17.2 Å². The molecule has 0 bridgehead atoms. The number of phenolic OH excluding ortho intramolecular Hbond substituents is 3. The molecule has 0 atom stereocenters. The van der Waals surface area contributed by atoms with Gasteiger partial charge in [0.05, 0.1) is 0 Å². The fourth-order valence-corrected chi connectivity index (χ4v) is 0.863. The zero-order chi connectivity index (χ0) is 11.1. The van der Waals surface area contributed by atoms with Crippen molar-refractivity contribution in [2.75, 3.05) is 7.11 Å². The summed E-state index contributed by atoms with van der Waals surface area (Å²) >= 11 is 0. The number of hydrogen-bond donors (Lipinski definition) is 6. The van der Waals surface area contributed by atoms with Crippen molar-refractivity contribution in [2.45, 2.75) is 6.54 Å². The largest absolute Gasteiger partial charge is 0.504 e. The van der Waals surface area contributed by atoms with Crippen LogP contribution in [-0.4, -0.2) is 27.5 Å². The molecular weight excluding hydrogens is 188 g/mol. The van der Waals surface area contributed by atoms with E-state index in [1.807, 2.05) is 0 Å².